The summed E-state index contributed by atoms with van der Waals surface area (Å²) >= 11 is 0. The zero-order chi connectivity index (χ0) is 17.5. The van der Waals surface area contributed by atoms with E-state index in [1.54, 1.807) is 0 Å². The SMILES string of the molecule is Cc1ccc2c(c1[C@@H]1CCN(C[C@@H]3NCCc4ccccc43)C1)OCO2. The molecule has 0 aliphatic carbocycles. The van der Waals surface area contributed by atoms with Crippen LogP contribution >= 0.6 is 0 Å². The summed E-state index contributed by atoms with van der Waals surface area (Å²) in [7, 11) is 0. The van der Waals surface area contributed by atoms with Crippen LogP contribution in [0.4, 0.5) is 0 Å². The fourth-order valence-corrected chi connectivity index (χ4v) is 4.85. The van der Waals surface area contributed by atoms with Gasteiger partial charge in [-0.1, -0.05) is 30.3 Å². The van der Waals surface area contributed by atoms with Gasteiger partial charge < -0.3 is 19.7 Å². The summed E-state index contributed by atoms with van der Waals surface area (Å²) in [6.45, 7) is 6.95. The molecule has 0 unspecified atom stereocenters. The number of fused-ring (bicyclic) bond motifs is 2. The van der Waals surface area contributed by atoms with E-state index >= 15 is 0 Å². The van der Waals surface area contributed by atoms with Gasteiger partial charge in [0.25, 0.3) is 0 Å². The van der Waals surface area contributed by atoms with Crippen molar-refractivity contribution in [3.63, 3.8) is 0 Å². The molecule has 136 valence electrons. The van der Waals surface area contributed by atoms with Crippen molar-refractivity contribution in [3.8, 4) is 11.5 Å². The maximum absolute atomic E-state index is 5.80. The number of rotatable bonds is 3. The average molecular weight is 350 g/mol. The van der Waals surface area contributed by atoms with Crippen LogP contribution in [0, 0.1) is 6.92 Å². The molecule has 1 fully saturated rings. The average Bonchev–Trinajstić information content (AvgIpc) is 3.31. The molecule has 0 amide bonds. The number of hydrogen-bond acceptors (Lipinski definition) is 4. The fourth-order valence-electron chi connectivity index (χ4n) is 4.85. The molecule has 0 radical (unpaired) electrons. The standard InChI is InChI=1S/C22H26N2O2/c1-15-6-7-20-22(26-14-25-20)21(15)17-9-11-24(12-17)13-19-18-5-3-2-4-16(18)8-10-23-19/h2-7,17,19,23H,8-14H2,1H3/t17-,19+/m1/s1. The fraction of sp³-hybridized carbons (Fsp3) is 0.455. The van der Waals surface area contributed by atoms with Crippen molar-refractivity contribution in [2.75, 3.05) is 33.0 Å². The van der Waals surface area contributed by atoms with E-state index in [2.05, 4.69) is 47.5 Å². The summed E-state index contributed by atoms with van der Waals surface area (Å²) in [5, 5.41) is 3.72. The number of nitrogens with one attached hydrogen (secondary N) is 1. The molecule has 3 heterocycles. The second kappa shape index (κ2) is 6.60. The first kappa shape index (κ1) is 16.2. The minimum Gasteiger partial charge on any atom is -0.454 e. The molecule has 26 heavy (non-hydrogen) atoms. The van der Waals surface area contributed by atoms with E-state index in [0.29, 0.717) is 18.8 Å². The molecule has 1 saturated heterocycles. The van der Waals surface area contributed by atoms with Crippen LogP contribution in [-0.4, -0.2) is 37.9 Å². The quantitative estimate of drug-likeness (QED) is 0.920. The van der Waals surface area contributed by atoms with Crippen LogP contribution < -0.4 is 14.8 Å². The molecule has 3 aliphatic heterocycles. The molecule has 3 aliphatic rings. The van der Waals surface area contributed by atoms with Crippen LogP contribution in [0.15, 0.2) is 36.4 Å². The highest BCUT2D eigenvalue weighted by Crippen LogP contribution is 2.44. The first-order chi connectivity index (χ1) is 12.8. The predicted molar refractivity (Wildman–Crippen MR) is 102 cm³/mol. The number of aryl methyl sites for hydroxylation is 1. The first-order valence-corrected chi connectivity index (χ1v) is 9.72. The van der Waals surface area contributed by atoms with E-state index in [4.69, 9.17) is 9.47 Å². The van der Waals surface area contributed by atoms with Gasteiger partial charge in [-0.2, -0.15) is 0 Å². The van der Waals surface area contributed by atoms with Crippen LogP contribution in [0.5, 0.6) is 11.5 Å². The zero-order valence-electron chi connectivity index (χ0n) is 15.3. The second-order valence-electron chi connectivity index (χ2n) is 7.73. The molecule has 2 aromatic carbocycles. The zero-order valence-corrected chi connectivity index (χ0v) is 15.3. The van der Waals surface area contributed by atoms with E-state index in [0.717, 1.165) is 44.1 Å². The third-order valence-electron chi connectivity index (χ3n) is 6.13. The minimum atomic E-state index is 0.352. The maximum Gasteiger partial charge on any atom is 0.231 e. The summed E-state index contributed by atoms with van der Waals surface area (Å²) in [4.78, 5) is 2.61. The highest BCUT2D eigenvalue weighted by molar-refractivity contribution is 5.53. The predicted octanol–water partition coefficient (Wildman–Crippen LogP) is 3.40. The molecule has 0 aromatic heterocycles. The molecule has 0 saturated carbocycles. The highest BCUT2D eigenvalue weighted by atomic mass is 16.7. The summed E-state index contributed by atoms with van der Waals surface area (Å²) in [5.41, 5.74) is 5.67. The topological polar surface area (TPSA) is 33.7 Å². The summed E-state index contributed by atoms with van der Waals surface area (Å²) < 4.78 is 11.4. The molecular weight excluding hydrogens is 324 g/mol. The largest absolute Gasteiger partial charge is 0.454 e. The second-order valence-corrected chi connectivity index (χ2v) is 7.73. The monoisotopic (exact) mass is 350 g/mol. The minimum absolute atomic E-state index is 0.352. The highest BCUT2D eigenvalue weighted by Gasteiger charge is 2.32. The Kier molecular flexibility index (Phi) is 4.10. The smallest absolute Gasteiger partial charge is 0.231 e. The molecule has 1 N–H and O–H groups in total. The summed E-state index contributed by atoms with van der Waals surface area (Å²) in [6.07, 6.45) is 2.33. The molecule has 2 aromatic rings. The Morgan fingerprint density at radius 2 is 2.08 bits per heavy atom. The lowest BCUT2D eigenvalue weighted by Crippen LogP contribution is -2.38. The van der Waals surface area contributed by atoms with E-state index in [1.807, 2.05) is 6.07 Å². The third-order valence-corrected chi connectivity index (χ3v) is 6.13. The number of benzene rings is 2. The normalized spacial score (nSPS) is 24.7. The summed E-state index contributed by atoms with van der Waals surface area (Å²) in [6, 6.07) is 13.6. The Morgan fingerprint density at radius 3 is 3.04 bits per heavy atom. The van der Waals surface area contributed by atoms with Crippen LogP contribution in [0.3, 0.4) is 0 Å². The Hall–Kier alpha value is -2.04. The Labute approximate surface area is 155 Å². The lowest BCUT2D eigenvalue weighted by molar-refractivity contribution is 0.173. The Bertz CT molecular complexity index is 820. The maximum atomic E-state index is 5.80. The number of hydrogen-bond donors (Lipinski definition) is 1. The van der Waals surface area contributed by atoms with Gasteiger partial charge >= 0.3 is 0 Å². The van der Waals surface area contributed by atoms with E-state index in [1.165, 1.54) is 28.7 Å². The van der Waals surface area contributed by atoms with Gasteiger partial charge in [-0.25, -0.2) is 0 Å². The lowest BCUT2D eigenvalue weighted by atomic mass is 9.92. The summed E-state index contributed by atoms with van der Waals surface area (Å²) in [5.74, 6) is 2.43. The van der Waals surface area contributed by atoms with Crippen molar-refractivity contribution in [2.45, 2.75) is 31.7 Å². The molecule has 0 bridgehead atoms. The van der Waals surface area contributed by atoms with Crippen molar-refractivity contribution in [1.29, 1.82) is 0 Å². The number of likely N-dealkylation sites (tertiary alicyclic amines) is 1. The number of ether oxygens (including phenoxy) is 2. The molecule has 0 spiro atoms. The van der Waals surface area contributed by atoms with Crippen LogP contribution in [-0.2, 0) is 6.42 Å². The van der Waals surface area contributed by atoms with Gasteiger partial charge in [0.15, 0.2) is 11.5 Å². The van der Waals surface area contributed by atoms with E-state index in [-0.39, 0.29) is 0 Å². The first-order valence-electron chi connectivity index (χ1n) is 9.72. The van der Waals surface area contributed by atoms with Gasteiger partial charge in [-0.3, -0.25) is 0 Å². The molecule has 5 rings (SSSR count). The van der Waals surface area contributed by atoms with Crippen LogP contribution in [0.25, 0.3) is 0 Å². The van der Waals surface area contributed by atoms with Gasteiger partial charge in [0, 0.05) is 30.6 Å². The van der Waals surface area contributed by atoms with E-state index < -0.39 is 0 Å². The van der Waals surface area contributed by atoms with Crippen molar-refractivity contribution in [3.05, 3.63) is 58.7 Å². The van der Waals surface area contributed by atoms with Crippen molar-refractivity contribution in [2.24, 2.45) is 0 Å². The van der Waals surface area contributed by atoms with Gasteiger partial charge in [-0.05, 0) is 55.6 Å². The van der Waals surface area contributed by atoms with Gasteiger partial charge in [0.2, 0.25) is 6.79 Å². The Morgan fingerprint density at radius 1 is 1.15 bits per heavy atom. The van der Waals surface area contributed by atoms with Gasteiger partial charge in [0.1, 0.15) is 0 Å². The van der Waals surface area contributed by atoms with E-state index in [9.17, 15) is 0 Å². The van der Waals surface area contributed by atoms with Crippen LogP contribution in [0.1, 0.15) is 40.6 Å². The van der Waals surface area contributed by atoms with Crippen molar-refractivity contribution < 1.29 is 9.47 Å². The number of nitrogens with zero attached hydrogens (tertiary/aromatic N) is 1. The van der Waals surface area contributed by atoms with Crippen LogP contribution in [0.2, 0.25) is 0 Å². The molecule has 4 nitrogen and oxygen atoms in total. The third kappa shape index (κ3) is 2.78. The van der Waals surface area contributed by atoms with Crippen molar-refractivity contribution >= 4 is 0 Å². The van der Waals surface area contributed by atoms with Gasteiger partial charge in [0.05, 0.1) is 0 Å². The lowest BCUT2D eigenvalue weighted by Gasteiger charge is -2.30. The van der Waals surface area contributed by atoms with Crippen molar-refractivity contribution in [1.82, 2.24) is 10.2 Å². The molecular formula is C22H26N2O2. The van der Waals surface area contributed by atoms with Gasteiger partial charge in [-0.15, -0.1) is 0 Å². The molecule has 4 heteroatoms. The Balaban J connectivity index is 1.33. The molecule has 2 atom stereocenters.